The summed E-state index contributed by atoms with van der Waals surface area (Å²) in [4.78, 5) is 2.17. The van der Waals surface area contributed by atoms with Crippen LogP contribution < -0.4 is 4.90 Å². The highest BCUT2D eigenvalue weighted by Gasteiger charge is 2.13. The van der Waals surface area contributed by atoms with Crippen LogP contribution in [0.4, 0.5) is 10.1 Å². The van der Waals surface area contributed by atoms with Crippen molar-refractivity contribution < 1.29 is 9.50 Å². The minimum atomic E-state index is -0.308. The predicted octanol–water partition coefficient (Wildman–Crippen LogP) is 1.92. The fourth-order valence-electron chi connectivity index (χ4n) is 1.84. The Kier molecular flexibility index (Phi) is 2.68. The molecule has 0 saturated carbocycles. The standard InChI is InChI=1S/C11H14FNO/c12-11-7-10(4-3-9(11)8-14)13-5-1-2-6-13/h3-4,7,14H,1-2,5-6,8H2. The van der Waals surface area contributed by atoms with Crippen molar-refractivity contribution in [2.24, 2.45) is 0 Å². The Morgan fingerprint density at radius 1 is 1.29 bits per heavy atom. The summed E-state index contributed by atoms with van der Waals surface area (Å²) in [6.45, 7) is 1.79. The van der Waals surface area contributed by atoms with Gasteiger partial charge in [-0.05, 0) is 25.0 Å². The topological polar surface area (TPSA) is 23.5 Å². The first kappa shape index (κ1) is 9.46. The van der Waals surface area contributed by atoms with Crippen molar-refractivity contribution in [3.63, 3.8) is 0 Å². The molecular weight excluding hydrogens is 181 g/mol. The highest BCUT2D eigenvalue weighted by Crippen LogP contribution is 2.22. The average Bonchev–Trinajstić information content (AvgIpc) is 2.70. The van der Waals surface area contributed by atoms with Crippen LogP contribution in [0.2, 0.25) is 0 Å². The Balaban J connectivity index is 2.23. The normalized spacial score (nSPS) is 16.3. The van der Waals surface area contributed by atoms with E-state index in [4.69, 9.17) is 5.11 Å². The molecule has 0 atom stereocenters. The van der Waals surface area contributed by atoms with Gasteiger partial charge >= 0.3 is 0 Å². The molecule has 14 heavy (non-hydrogen) atoms. The lowest BCUT2D eigenvalue weighted by Crippen LogP contribution is -2.17. The van der Waals surface area contributed by atoms with Crippen LogP contribution in [0.1, 0.15) is 18.4 Å². The fraction of sp³-hybridized carbons (Fsp3) is 0.455. The predicted molar refractivity (Wildman–Crippen MR) is 53.8 cm³/mol. The molecule has 1 aliphatic rings. The van der Waals surface area contributed by atoms with Crippen molar-refractivity contribution in [3.8, 4) is 0 Å². The molecular formula is C11H14FNO. The van der Waals surface area contributed by atoms with E-state index in [1.54, 1.807) is 6.07 Å². The monoisotopic (exact) mass is 195 g/mol. The molecule has 1 aromatic carbocycles. The van der Waals surface area contributed by atoms with Crippen molar-refractivity contribution in [1.82, 2.24) is 0 Å². The number of nitrogens with zero attached hydrogens (tertiary/aromatic N) is 1. The molecule has 1 N–H and O–H groups in total. The van der Waals surface area contributed by atoms with E-state index in [9.17, 15) is 4.39 Å². The number of aliphatic hydroxyl groups excluding tert-OH is 1. The van der Waals surface area contributed by atoms with Gasteiger partial charge in [-0.15, -0.1) is 0 Å². The van der Waals surface area contributed by atoms with Crippen LogP contribution in [0.5, 0.6) is 0 Å². The molecule has 2 nitrogen and oxygen atoms in total. The van der Waals surface area contributed by atoms with Gasteiger partial charge in [-0.3, -0.25) is 0 Å². The van der Waals surface area contributed by atoms with Crippen LogP contribution in [0.15, 0.2) is 18.2 Å². The molecule has 0 aliphatic carbocycles. The Labute approximate surface area is 83.0 Å². The molecule has 76 valence electrons. The maximum absolute atomic E-state index is 13.3. The maximum atomic E-state index is 13.3. The van der Waals surface area contributed by atoms with Crippen LogP contribution in [0, 0.1) is 5.82 Å². The summed E-state index contributed by atoms with van der Waals surface area (Å²) < 4.78 is 13.3. The number of anilines is 1. The molecule has 1 heterocycles. The van der Waals surface area contributed by atoms with Gasteiger partial charge in [0.05, 0.1) is 6.61 Å². The first-order valence-electron chi connectivity index (χ1n) is 4.95. The van der Waals surface area contributed by atoms with Crippen LogP contribution in [-0.2, 0) is 6.61 Å². The number of aliphatic hydroxyl groups is 1. The van der Waals surface area contributed by atoms with E-state index < -0.39 is 0 Å². The van der Waals surface area contributed by atoms with Crippen LogP contribution in [0.25, 0.3) is 0 Å². The highest BCUT2D eigenvalue weighted by molar-refractivity contribution is 5.48. The van der Waals surface area contributed by atoms with E-state index in [-0.39, 0.29) is 12.4 Å². The van der Waals surface area contributed by atoms with E-state index in [0.717, 1.165) is 18.8 Å². The van der Waals surface area contributed by atoms with Crippen LogP contribution >= 0.6 is 0 Å². The smallest absolute Gasteiger partial charge is 0.130 e. The van der Waals surface area contributed by atoms with Gasteiger partial charge in [0.1, 0.15) is 5.82 Å². The second kappa shape index (κ2) is 3.96. The zero-order valence-electron chi connectivity index (χ0n) is 8.04. The molecule has 0 bridgehead atoms. The van der Waals surface area contributed by atoms with Gasteiger partial charge in [0.25, 0.3) is 0 Å². The summed E-state index contributed by atoms with van der Waals surface area (Å²) in [5, 5.41) is 8.82. The van der Waals surface area contributed by atoms with Crippen molar-refractivity contribution in [1.29, 1.82) is 0 Å². The zero-order chi connectivity index (χ0) is 9.97. The third-order valence-corrected chi connectivity index (χ3v) is 2.68. The summed E-state index contributed by atoms with van der Waals surface area (Å²) in [5.74, 6) is -0.308. The molecule has 1 saturated heterocycles. The molecule has 0 aromatic heterocycles. The molecule has 0 spiro atoms. The highest BCUT2D eigenvalue weighted by atomic mass is 19.1. The van der Waals surface area contributed by atoms with E-state index in [0.29, 0.717) is 5.56 Å². The molecule has 1 aliphatic heterocycles. The third-order valence-electron chi connectivity index (χ3n) is 2.68. The number of rotatable bonds is 2. The molecule has 1 fully saturated rings. The van der Waals surface area contributed by atoms with Gasteiger partial charge in [-0.25, -0.2) is 4.39 Å². The zero-order valence-corrected chi connectivity index (χ0v) is 8.04. The van der Waals surface area contributed by atoms with Gasteiger partial charge in [0.15, 0.2) is 0 Å². The van der Waals surface area contributed by atoms with Crippen LogP contribution in [-0.4, -0.2) is 18.2 Å². The summed E-state index contributed by atoms with van der Waals surface area (Å²) in [5.41, 5.74) is 1.30. The minimum absolute atomic E-state index is 0.230. The molecule has 0 unspecified atom stereocenters. The Hall–Kier alpha value is -1.09. The van der Waals surface area contributed by atoms with Crippen molar-refractivity contribution in [2.75, 3.05) is 18.0 Å². The molecule has 0 radical (unpaired) electrons. The number of hydrogen-bond donors (Lipinski definition) is 1. The summed E-state index contributed by atoms with van der Waals surface area (Å²) in [6, 6.07) is 5.04. The number of halogens is 1. The van der Waals surface area contributed by atoms with Crippen LogP contribution in [0.3, 0.4) is 0 Å². The lowest BCUT2D eigenvalue weighted by Gasteiger charge is -2.17. The van der Waals surface area contributed by atoms with E-state index in [1.807, 2.05) is 6.07 Å². The first-order valence-corrected chi connectivity index (χ1v) is 4.95. The second-order valence-corrected chi connectivity index (χ2v) is 3.63. The Morgan fingerprint density at radius 3 is 2.57 bits per heavy atom. The number of hydrogen-bond acceptors (Lipinski definition) is 2. The largest absolute Gasteiger partial charge is 0.392 e. The van der Waals surface area contributed by atoms with Crippen molar-refractivity contribution >= 4 is 5.69 Å². The second-order valence-electron chi connectivity index (χ2n) is 3.63. The average molecular weight is 195 g/mol. The summed E-state index contributed by atoms with van der Waals surface area (Å²) >= 11 is 0. The Morgan fingerprint density at radius 2 is 2.00 bits per heavy atom. The SMILES string of the molecule is OCc1ccc(N2CCCC2)cc1F. The van der Waals surface area contributed by atoms with E-state index in [2.05, 4.69) is 4.90 Å². The van der Waals surface area contributed by atoms with Gasteiger partial charge in [-0.1, -0.05) is 6.07 Å². The minimum Gasteiger partial charge on any atom is -0.392 e. The molecule has 0 amide bonds. The molecule has 2 rings (SSSR count). The lowest BCUT2D eigenvalue weighted by atomic mass is 10.2. The molecule has 3 heteroatoms. The summed E-state index contributed by atoms with van der Waals surface area (Å²) in [6.07, 6.45) is 2.37. The van der Waals surface area contributed by atoms with E-state index in [1.165, 1.54) is 18.9 Å². The number of benzene rings is 1. The van der Waals surface area contributed by atoms with E-state index >= 15 is 0 Å². The Bertz CT molecular complexity index is 321. The quantitative estimate of drug-likeness (QED) is 0.779. The lowest BCUT2D eigenvalue weighted by molar-refractivity contribution is 0.276. The maximum Gasteiger partial charge on any atom is 0.130 e. The van der Waals surface area contributed by atoms with Gasteiger partial charge in [0.2, 0.25) is 0 Å². The first-order chi connectivity index (χ1) is 6.81. The van der Waals surface area contributed by atoms with Gasteiger partial charge < -0.3 is 10.0 Å². The van der Waals surface area contributed by atoms with Gasteiger partial charge in [-0.2, -0.15) is 0 Å². The summed E-state index contributed by atoms with van der Waals surface area (Å²) in [7, 11) is 0. The van der Waals surface area contributed by atoms with Gasteiger partial charge in [0, 0.05) is 24.3 Å². The molecule has 1 aromatic rings. The van der Waals surface area contributed by atoms with Crippen molar-refractivity contribution in [3.05, 3.63) is 29.6 Å². The van der Waals surface area contributed by atoms with Crippen molar-refractivity contribution in [2.45, 2.75) is 19.4 Å². The fourth-order valence-corrected chi connectivity index (χ4v) is 1.84. The third kappa shape index (κ3) is 1.73.